The molecular formula is C16H25NO3. The summed E-state index contributed by atoms with van der Waals surface area (Å²) in [5.41, 5.74) is 1.08. The van der Waals surface area contributed by atoms with E-state index in [0.717, 1.165) is 24.5 Å². The number of benzene rings is 1. The zero-order valence-electron chi connectivity index (χ0n) is 12.9. The summed E-state index contributed by atoms with van der Waals surface area (Å²) < 4.78 is 16.8. The summed E-state index contributed by atoms with van der Waals surface area (Å²) in [4.78, 5) is 0. The molecule has 0 bridgehead atoms. The Morgan fingerprint density at radius 2 is 2.00 bits per heavy atom. The number of nitrogens with one attached hydrogen (secondary N) is 1. The monoisotopic (exact) mass is 279 g/mol. The van der Waals surface area contributed by atoms with Gasteiger partial charge in [0.2, 0.25) is 6.79 Å². The van der Waals surface area contributed by atoms with Crippen LogP contribution in [0.2, 0.25) is 0 Å². The Labute approximate surface area is 121 Å². The fraction of sp³-hybridized carbons (Fsp3) is 0.625. The van der Waals surface area contributed by atoms with Crippen LogP contribution >= 0.6 is 0 Å². The molecule has 0 fully saturated rings. The maximum Gasteiger partial charge on any atom is 0.231 e. The molecule has 0 radical (unpaired) electrons. The first-order valence-electron chi connectivity index (χ1n) is 7.32. The summed E-state index contributed by atoms with van der Waals surface area (Å²) in [5.74, 6) is 1.64. The van der Waals surface area contributed by atoms with Gasteiger partial charge in [-0.05, 0) is 44.5 Å². The van der Waals surface area contributed by atoms with Crippen LogP contribution in [0, 0.1) is 0 Å². The van der Waals surface area contributed by atoms with Crippen molar-refractivity contribution < 1.29 is 14.2 Å². The van der Waals surface area contributed by atoms with Gasteiger partial charge in [0.25, 0.3) is 0 Å². The fourth-order valence-corrected chi connectivity index (χ4v) is 2.06. The highest BCUT2D eigenvalue weighted by atomic mass is 16.7. The Morgan fingerprint density at radius 1 is 1.25 bits per heavy atom. The van der Waals surface area contributed by atoms with E-state index >= 15 is 0 Å². The molecule has 0 spiro atoms. The van der Waals surface area contributed by atoms with Crippen molar-refractivity contribution in [2.24, 2.45) is 0 Å². The number of fused-ring (bicyclic) bond motifs is 1. The lowest BCUT2D eigenvalue weighted by Crippen LogP contribution is -2.31. The molecule has 1 atom stereocenters. The summed E-state index contributed by atoms with van der Waals surface area (Å²) in [5, 5.41) is 3.47. The molecule has 0 amide bonds. The number of hydrogen-bond donors (Lipinski definition) is 1. The Hall–Kier alpha value is -1.26. The van der Waals surface area contributed by atoms with Gasteiger partial charge in [0, 0.05) is 0 Å². The second-order valence-corrected chi connectivity index (χ2v) is 5.65. The van der Waals surface area contributed by atoms with E-state index < -0.39 is 0 Å². The molecule has 4 nitrogen and oxygen atoms in total. The van der Waals surface area contributed by atoms with Crippen molar-refractivity contribution in [3.63, 3.8) is 0 Å². The van der Waals surface area contributed by atoms with Gasteiger partial charge in [-0.25, -0.2) is 0 Å². The molecule has 0 saturated heterocycles. The normalized spacial score (nSPS) is 15.4. The molecule has 20 heavy (non-hydrogen) atoms. The molecule has 1 aromatic carbocycles. The van der Waals surface area contributed by atoms with E-state index in [9.17, 15) is 0 Å². The molecule has 0 aliphatic carbocycles. The van der Waals surface area contributed by atoms with Gasteiger partial charge < -0.3 is 19.5 Å². The van der Waals surface area contributed by atoms with Crippen LogP contribution in [0.4, 0.5) is 0 Å². The standard InChI is InChI=1S/C16H25NO3/c1-5-16(3,4)20-10-13(17-6-2)12-7-8-14-15(9-12)19-11-18-14/h7-9,13,17H,5-6,10-11H2,1-4H3. The summed E-state index contributed by atoms with van der Waals surface area (Å²) >= 11 is 0. The van der Waals surface area contributed by atoms with Crippen molar-refractivity contribution in [2.45, 2.75) is 45.8 Å². The van der Waals surface area contributed by atoms with Crippen molar-refractivity contribution in [1.29, 1.82) is 0 Å². The Bertz CT molecular complexity index is 445. The average Bonchev–Trinajstić information content (AvgIpc) is 2.90. The Balaban J connectivity index is 2.08. The van der Waals surface area contributed by atoms with Gasteiger partial charge in [-0.1, -0.05) is 19.9 Å². The van der Waals surface area contributed by atoms with Crippen molar-refractivity contribution in [2.75, 3.05) is 19.9 Å². The lowest BCUT2D eigenvalue weighted by Gasteiger charge is -2.27. The molecule has 4 heteroatoms. The fourth-order valence-electron chi connectivity index (χ4n) is 2.06. The molecule has 1 N–H and O–H groups in total. The van der Waals surface area contributed by atoms with Crippen LogP contribution in [-0.2, 0) is 4.74 Å². The second-order valence-electron chi connectivity index (χ2n) is 5.65. The first kappa shape index (κ1) is 15.1. The molecule has 1 unspecified atom stereocenters. The average molecular weight is 279 g/mol. The summed E-state index contributed by atoms with van der Waals surface area (Å²) in [7, 11) is 0. The predicted octanol–water partition coefficient (Wildman–Crippen LogP) is 3.27. The topological polar surface area (TPSA) is 39.7 Å². The van der Waals surface area contributed by atoms with Gasteiger partial charge in [-0.15, -0.1) is 0 Å². The zero-order valence-corrected chi connectivity index (χ0v) is 12.9. The van der Waals surface area contributed by atoms with Crippen molar-refractivity contribution >= 4 is 0 Å². The molecule has 2 rings (SSSR count). The van der Waals surface area contributed by atoms with Gasteiger partial charge in [0.1, 0.15) is 0 Å². The minimum atomic E-state index is -0.0932. The molecule has 0 aromatic heterocycles. The molecule has 1 aromatic rings. The highest BCUT2D eigenvalue weighted by molar-refractivity contribution is 5.45. The number of likely N-dealkylation sites (N-methyl/N-ethyl adjacent to an activating group) is 1. The Kier molecular flexibility index (Phi) is 4.89. The van der Waals surface area contributed by atoms with E-state index in [1.807, 2.05) is 12.1 Å². The summed E-state index contributed by atoms with van der Waals surface area (Å²) in [6.07, 6.45) is 0.993. The zero-order chi connectivity index (χ0) is 14.6. The van der Waals surface area contributed by atoms with Crippen LogP contribution in [0.15, 0.2) is 18.2 Å². The third-order valence-electron chi connectivity index (χ3n) is 3.74. The lowest BCUT2D eigenvalue weighted by molar-refractivity contribution is -0.0306. The molecular weight excluding hydrogens is 254 g/mol. The number of hydrogen-bond acceptors (Lipinski definition) is 4. The third kappa shape index (κ3) is 3.64. The quantitative estimate of drug-likeness (QED) is 0.831. The van der Waals surface area contributed by atoms with E-state index in [-0.39, 0.29) is 11.6 Å². The lowest BCUT2D eigenvalue weighted by atomic mass is 10.0. The maximum absolute atomic E-state index is 6.03. The molecule has 1 aliphatic heterocycles. The minimum Gasteiger partial charge on any atom is -0.454 e. The molecule has 1 aliphatic rings. The van der Waals surface area contributed by atoms with Crippen molar-refractivity contribution in [3.8, 4) is 11.5 Å². The van der Waals surface area contributed by atoms with Crippen LogP contribution in [0.1, 0.15) is 45.7 Å². The Morgan fingerprint density at radius 3 is 2.70 bits per heavy atom. The molecule has 0 saturated carbocycles. The van der Waals surface area contributed by atoms with Crippen molar-refractivity contribution in [1.82, 2.24) is 5.32 Å². The van der Waals surface area contributed by atoms with E-state index in [4.69, 9.17) is 14.2 Å². The smallest absolute Gasteiger partial charge is 0.231 e. The number of ether oxygens (including phenoxy) is 3. The van der Waals surface area contributed by atoms with Crippen LogP contribution in [0.3, 0.4) is 0 Å². The minimum absolute atomic E-state index is 0.0932. The number of rotatable bonds is 7. The van der Waals surface area contributed by atoms with Crippen LogP contribution in [0.5, 0.6) is 11.5 Å². The largest absolute Gasteiger partial charge is 0.454 e. The van der Waals surface area contributed by atoms with Gasteiger partial charge in [-0.3, -0.25) is 0 Å². The van der Waals surface area contributed by atoms with Gasteiger partial charge in [0.05, 0.1) is 18.2 Å². The maximum atomic E-state index is 6.03. The first-order chi connectivity index (χ1) is 9.55. The van der Waals surface area contributed by atoms with Gasteiger partial charge in [0.15, 0.2) is 11.5 Å². The molecule has 1 heterocycles. The van der Waals surface area contributed by atoms with Crippen LogP contribution < -0.4 is 14.8 Å². The highest BCUT2D eigenvalue weighted by Gasteiger charge is 2.21. The highest BCUT2D eigenvalue weighted by Crippen LogP contribution is 2.34. The summed E-state index contributed by atoms with van der Waals surface area (Å²) in [6, 6.07) is 6.24. The predicted molar refractivity (Wildman–Crippen MR) is 79.3 cm³/mol. The van der Waals surface area contributed by atoms with Crippen LogP contribution in [-0.4, -0.2) is 25.5 Å². The van der Waals surface area contributed by atoms with Gasteiger partial charge in [-0.2, -0.15) is 0 Å². The first-order valence-corrected chi connectivity index (χ1v) is 7.32. The van der Waals surface area contributed by atoms with E-state index in [1.165, 1.54) is 5.56 Å². The second kappa shape index (κ2) is 6.46. The van der Waals surface area contributed by atoms with Crippen molar-refractivity contribution in [3.05, 3.63) is 23.8 Å². The van der Waals surface area contributed by atoms with E-state index in [0.29, 0.717) is 13.4 Å². The third-order valence-corrected chi connectivity index (χ3v) is 3.74. The van der Waals surface area contributed by atoms with Gasteiger partial charge >= 0.3 is 0 Å². The molecule has 112 valence electrons. The SMILES string of the molecule is CCNC(COC(C)(C)CC)c1ccc2c(c1)OCO2. The van der Waals surface area contributed by atoms with E-state index in [2.05, 4.69) is 39.1 Å². The van der Waals surface area contributed by atoms with E-state index in [1.54, 1.807) is 0 Å². The summed E-state index contributed by atoms with van der Waals surface area (Å²) in [6.45, 7) is 10.3. The van der Waals surface area contributed by atoms with Crippen LogP contribution in [0.25, 0.3) is 0 Å².